The normalized spacial score (nSPS) is 18.3. The van der Waals surface area contributed by atoms with Crippen LogP contribution in [0, 0.1) is 0 Å². The molecule has 29 heavy (non-hydrogen) atoms. The number of fused-ring (bicyclic) bond motifs is 1. The van der Waals surface area contributed by atoms with Gasteiger partial charge in [-0.3, -0.25) is 9.59 Å². The van der Waals surface area contributed by atoms with E-state index < -0.39 is 0 Å². The SMILES string of the molecule is COc1cc([C@@H]2NC(=O)c3ccccc3N2C)ccc1OCC(=O)N1CCCC1. The predicted molar refractivity (Wildman–Crippen MR) is 109 cm³/mol. The average molecular weight is 395 g/mol. The van der Waals surface area contributed by atoms with Crippen LogP contribution in [0.15, 0.2) is 42.5 Å². The molecule has 0 aliphatic carbocycles. The molecule has 2 aliphatic heterocycles. The molecule has 0 spiro atoms. The van der Waals surface area contributed by atoms with Crippen molar-refractivity contribution < 1.29 is 19.1 Å². The van der Waals surface area contributed by atoms with Crippen LogP contribution in [0.2, 0.25) is 0 Å². The second-order valence-corrected chi connectivity index (χ2v) is 7.29. The Morgan fingerprint density at radius 1 is 1.14 bits per heavy atom. The third-order valence-electron chi connectivity index (χ3n) is 5.50. The topological polar surface area (TPSA) is 71.1 Å². The Hall–Kier alpha value is -3.22. The number of anilines is 1. The monoisotopic (exact) mass is 395 g/mol. The van der Waals surface area contributed by atoms with Crippen LogP contribution in [0.5, 0.6) is 11.5 Å². The molecule has 1 fully saturated rings. The molecule has 2 aromatic rings. The summed E-state index contributed by atoms with van der Waals surface area (Å²) in [5.41, 5.74) is 2.39. The summed E-state index contributed by atoms with van der Waals surface area (Å²) >= 11 is 0. The third kappa shape index (κ3) is 3.72. The Morgan fingerprint density at radius 3 is 2.66 bits per heavy atom. The Kier molecular flexibility index (Phi) is 5.29. The minimum Gasteiger partial charge on any atom is -0.493 e. The summed E-state index contributed by atoms with van der Waals surface area (Å²) in [5.74, 6) is 0.913. The van der Waals surface area contributed by atoms with Crippen LogP contribution in [0.4, 0.5) is 5.69 Å². The maximum atomic E-state index is 12.5. The molecule has 2 heterocycles. The number of likely N-dealkylation sites (tertiary alicyclic amines) is 1. The van der Waals surface area contributed by atoms with E-state index in [0.717, 1.165) is 37.2 Å². The minimum atomic E-state index is -0.327. The van der Waals surface area contributed by atoms with Crippen molar-refractivity contribution in [2.45, 2.75) is 19.0 Å². The highest BCUT2D eigenvalue weighted by atomic mass is 16.5. The van der Waals surface area contributed by atoms with Crippen LogP contribution in [-0.2, 0) is 4.79 Å². The van der Waals surface area contributed by atoms with E-state index in [-0.39, 0.29) is 24.6 Å². The van der Waals surface area contributed by atoms with E-state index in [4.69, 9.17) is 9.47 Å². The van der Waals surface area contributed by atoms with Gasteiger partial charge in [-0.25, -0.2) is 0 Å². The average Bonchev–Trinajstić information content (AvgIpc) is 3.29. The summed E-state index contributed by atoms with van der Waals surface area (Å²) in [6.45, 7) is 1.59. The van der Waals surface area contributed by atoms with E-state index in [1.807, 2.05) is 53.2 Å². The van der Waals surface area contributed by atoms with Crippen LogP contribution < -0.4 is 19.7 Å². The molecule has 2 amide bonds. The Morgan fingerprint density at radius 2 is 1.90 bits per heavy atom. The molecule has 0 aromatic heterocycles. The molecule has 1 saturated heterocycles. The minimum absolute atomic E-state index is 0.00971. The van der Waals surface area contributed by atoms with E-state index in [9.17, 15) is 9.59 Å². The van der Waals surface area contributed by atoms with Crippen molar-refractivity contribution in [1.82, 2.24) is 10.2 Å². The fourth-order valence-corrected chi connectivity index (χ4v) is 3.89. The van der Waals surface area contributed by atoms with Gasteiger partial charge in [0, 0.05) is 20.1 Å². The maximum absolute atomic E-state index is 12.5. The lowest BCUT2D eigenvalue weighted by molar-refractivity contribution is -0.132. The van der Waals surface area contributed by atoms with E-state index in [1.165, 1.54) is 0 Å². The standard InChI is InChI=1S/C22H25N3O4/c1-24-17-8-4-3-7-16(17)22(27)23-21(24)15-9-10-18(19(13-15)28-2)29-14-20(26)25-11-5-6-12-25/h3-4,7-10,13,21H,5-6,11-12,14H2,1-2H3,(H,23,27)/t21-/m1/s1. The second-order valence-electron chi connectivity index (χ2n) is 7.29. The number of carbonyl (C=O) groups excluding carboxylic acids is 2. The van der Waals surface area contributed by atoms with Crippen LogP contribution in [0.1, 0.15) is 34.9 Å². The van der Waals surface area contributed by atoms with Crippen molar-refractivity contribution in [2.24, 2.45) is 0 Å². The van der Waals surface area contributed by atoms with Crippen molar-refractivity contribution in [3.63, 3.8) is 0 Å². The lowest BCUT2D eigenvalue weighted by Crippen LogP contribution is -2.44. The number of ether oxygens (including phenoxy) is 2. The van der Waals surface area contributed by atoms with Crippen molar-refractivity contribution in [3.05, 3.63) is 53.6 Å². The first-order valence-corrected chi connectivity index (χ1v) is 9.79. The number of nitrogens with one attached hydrogen (secondary N) is 1. The fourth-order valence-electron chi connectivity index (χ4n) is 3.89. The highest BCUT2D eigenvalue weighted by molar-refractivity contribution is 6.02. The van der Waals surface area contributed by atoms with E-state index in [0.29, 0.717) is 17.1 Å². The van der Waals surface area contributed by atoms with Gasteiger partial charge in [-0.1, -0.05) is 18.2 Å². The molecule has 0 radical (unpaired) electrons. The molecule has 2 aromatic carbocycles. The first-order chi connectivity index (χ1) is 14.1. The highest BCUT2D eigenvalue weighted by Gasteiger charge is 2.29. The highest BCUT2D eigenvalue weighted by Crippen LogP contribution is 2.35. The number of carbonyl (C=O) groups is 2. The van der Waals surface area contributed by atoms with Gasteiger partial charge in [0.2, 0.25) is 0 Å². The van der Waals surface area contributed by atoms with Gasteiger partial charge >= 0.3 is 0 Å². The van der Waals surface area contributed by atoms with Gasteiger partial charge in [-0.15, -0.1) is 0 Å². The molecule has 0 bridgehead atoms. The van der Waals surface area contributed by atoms with Gasteiger partial charge in [0.1, 0.15) is 6.17 Å². The largest absolute Gasteiger partial charge is 0.493 e. The van der Waals surface area contributed by atoms with Gasteiger partial charge in [-0.2, -0.15) is 0 Å². The lowest BCUT2D eigenvalue weighted by Gasteiger charge is -2.36. The quantitative estimate of drug-likeness (QED) is 0.843. The molecular weight excluding hydrogens is 370 g/mol. The molecule has 7 heteroatoms. The Balaban J connectivity index is 1.52. The molecule has 1 N–H and O–H groups in total. The van der Waals surface area contributed by atoms with Crippen molar-refractivity contribution in [1.29, 1.82) is 0 Å². The fraction of sp³-hybridized carbons (Fsp3) is 0.364. The molecule has 0 unspecified atom stereocenters. The number of methoxy groups -OCH3 is 1. The number of hydrogen-bond acceptors (Lipinski definition) is 5. The number of hydrogen-bond donors (Lipinski definition) is 1. The van der Waals surface area contributed by atoms with Crippen LogP contribution in [0.25, 0.3) is 0 Å². The molecule has 0 saturated carbocycles. The molecule has 4 rings (SSSR count). The number of benzene rings is 2. The predicted octanol–water partition coefficient (Wildman–Crippen LogP) is 2.57. The number of nitrogens with zero attached hydrogens (tertiary/aromatic N) is 2. The van der Waals surface area contributed by atoms with Gasteiger partial charge < -0.3 is 24.6 Å². The molecule has 1 atom stereocenters. The zero-order chi connectivity index (χ0) is 20.4. The van der Waals surface area contributed by atoms with Crippen LogP contribution in [0.3, 0.4) is 0 Å². The van der Waals surface area contributed by atoms with Crippen LogP contribution in [-0.4, -0.2) is 50.6 Å². The first-order valence-electron chi connectivity index (χ1n) is 9.79. The molecule has 152 valence electrons. The smallest absolute Gasteiger partial charge is 0.260 e. The zero-order valence-corrected chi connectivity index (χ0v) is 16.7. The van der Waals surface area contributed by atoms with Gasteiger partial charge in [0.05, 0.1) is 18.4 Å². The van der Waals surface area contributed by atoms with Crippen LogP contribution >= 0.6 is 0 Å². The summed E-state index contributed by atoms with van der Waals surface area (Å²) in [5, 5.41) is 3.03. The summed E-state index contributed by atoms with van der Waals surface area (Å²) in [4.78, 5) is 28.6. The lowest BCUT2D eigenvalue weighted by atomic mass is 10.0. The van der Waals surface area contributed by atoms with Gasteiger partial charge in [-0.05, 0) is 42.7 Å². The molecular formula is C22H25N3O4. The zero-order valence-electron chi connectivity index (χ0n) is 16.7. The number of para-hydroxylation sites is 1. The Labute approximate surface area is 170 Å². The second kappa shape index (κ2) is 8.03. The van der Waals surface area contributed by atoms with E-state index in [1.54, 1.807) is 13.2 Å². The van der Waals surface area contributed by atoms with E-state index in [2.05, 4.69) is 5.32 Å². The van der Waals surface area contributed by atoms with Crippen molar-refractivity contribution in [3.8, 4) is 11.5 Å². The Bertz CT molecular complexity index is 924. The first kappa shape index (κ1) is 19.1. The summed E-state index contributed by atoms with van der Waals surface area (Å²) in [6.07, 6.45) is 1.77. The van der Waals surface area contributed by atoms with Crippen molar-refractivity contribution >= 4 is 17.5 Å². The molecule has 7 nitrogen and oxygen atoms in total. The van der Waals surface area contributed by atoms with Gasteiger partial charge in [0.25, 0.3) is 11.8 Å². The summed E-state index contributed by atoms with van der Waals surface area (Å²) in [6, 6.07) is 13.0. The third-order valence-corrected chi connectivity index (χ3v) is 5.50. The summed E-state index contributed by atoms with van der Waals surface area (Å²) in [7, 11) is 3.50. The van der Waals surface area contributed by atoms with Gasteiger partial charge in [0.15, 0.2) is 18.1 Å². The number of amides is 2. The maximum Gasteiger partial charge on any atom is 0.260 e. The summed E-state index contributed by atoms with van der Waals surface area (Å²) < 4.78 is 11.2. The van der Waals surface area contributed by atoms with Crippen molar-refractivity contribution in [2.75, 3.05) is 38.8 Å². The molecule has 2 aliphatic rings. The van der Waals surface area contributed by atoms with E-state index >= 15 is 0 Å². The number of rotatable bonds is 5.